The summed E-state index contributed by atoms with van der Waals surface area (Å²) in [6.07, 6.45) is 2.87. The fourth-order valence-corrected chi connectivity index (χ4v) is 1.79. The van der Waals surface area contributed by atoms with Gasteiger partial charge in [-0.25, -0.2) is 0 Å². The second-order valence-electron chi connectivity index (χ2n) is 5.72. The molecule has 0 aliphatic heterocycles. The van der Waals surface area contributed by atoms with Crippen LogP contribution in [0.3, 0.4) is 0 Å². The van der Waals surface area contributed by atoms with E-state index in [-0.39, 0.29) is 23.5 Å². The van der Waals surface area contributed by atoms with Crippen molar-refractivity contribution in [3.63, 3.8) is 0 Å². The van der Waals surface area contributed by atoms with Crippen LogP contribution in [0.25, 0.3) is 0 Å². The first-order chi connectivity index (χ1) is 8.28. The lowest BCUT2D eigenvalue weighted by atomic mass is 10.0. The van der Waals surface area contributed by atoms with Gasteiger partial charge in [-0.15, -0.1) is 0 Å². The number of ether oxygens (including phenoxy) is 1. The van der Waals surface area contributed by atoms with Gasteiger partial charge in [-0.1, -0.05) is 13.3 Å². The van der Waals surface area contributed by atoms with Gasteiger partial charge in [-0.3, -0.25) is 4.79 Å². The highest BCUT2D eigenvalue weighted by Gasteiger charge is 2.20. The summed E-state index contributed by atoms with van der Waals surface area (Å²) in [5, 5.41) is 2.95. The van der Waals surface area contributed by atoms with E-state index in [1.807, 2.05) is 34.6 Å². The molecule has 0 rings (SSSR count). The summed E-state index contributed by atoms with van der Waals surface area (Å²) in [5.41, 5.74) is 5.39. The van der Waals surface area contributed by atoms with Gasteiger partial charge in [0.2, 0.25) is 5.91 Å². The van der Waals surface area contributed by atoms with Crippen LogP contribution in [0, 0.1) is 5.92 Å². The van der Waals surface area contributed by atoms with Crippen molar-refractivity contribution in [2.45, 2.75) is 65.5 Å². The van der Waals surface area contributed by atoms with Gasteiger partial charge in [0.15, 0.2) is 0 Å². The molecule has 0 bridgehead atoms. The van der Waals surface area contributed by atoms with Crippen molar-refractivity contribution in [3.8, 4) is 0 Å². The smallest absolute Gasteiger partial charge is 0.222 e. The summed E-state index contributed by atoms with van der Waals surface area (Å²) in [6.45, 7) is 11.1. The lowest BCUT2D eigenvalue weighted by molar-refractivity contribution is -0.126. The van der Waals surface area contributed by atoms with Crippen LogP contribution in [0.2, 0.25) is 0 Å². The first-order valence-electron chi connectivity index (χ1n) is 6.95. The number of hydrogen-bond donors (Lipinski definition) is 2. The zero-order chi connectivity index (χ0) is 14.2. The fraction of sp³-hybridized carbons (Fsp3) is 0.929. The quantitative estimate of drug-likeness (QED) is 0.665. The summed E-state index contributed by atoms with van der Waals surface area (Å²) < 4.78 is 5.54. The molecule has 2 unspecified atom stereocenters. The number of nitrogens with two attached hydrogens (primary N) is 1. The molecule has 4 heteroatoms. The first kappa shape index (κ1) is 17.4. The second kappa shape index (κ2) is 8.48. The van der Waals surface area contributed by atoms with Gasteiger partial charge >= 0.3 is 0 Å². The third kappa shape index (κ3) is 8.48. The SMILES string of the molecule is CCOC(C)(C)CNC(=O)C(C)CCCC(C)N. The van der Waals surface area contributed by atoms with Crippen LogP contribution >= 0.6 is 0 Å². The molecule has 0 fully saturated rings. The van der Waals surface area contributed by atoms with E-state index in [1.54, 1.807) is 0 Å². The highest BCUT2D eigenvalue weighted by molar-refractivity contribution is 5.78. The number of amides is 1. The standard InChI is InChI=1S/C14H30N2O2/c1-6-18-14(4,5)10-16-13(17)11(2)8-7-9-12(3)15/h11-12H,6-10,15H2,1-5H3,(H,16,17). The average molecular weight is 258 g/mol. The summed E-state index contributed by atoms with van der Waals surface area (Å²) in [6, 6.07) is 0.220. The minimum Gasteiger partial charge on any atom is -0.374 e. The summed E-state index contributed by atoms with van der Waals surface area (Å²) in [5.74, 6) is 0.147. The molecular weight excluding hydrogens is 228 g/mol. The molecule has 1 amide bonds. The Balaban J connectivity index is 3.87. The van der Waals surface area contributed by atoms with Crippen LogP contribution in [0.15, 0.2) is 0 Å². The van der Waals surface area contributed by atoms with Crippen LogP contribution in [-0.2, 0) is 9.53 Å². The number of nitrogens with one attached hydrogen (secondary N) is 1. The van der Waals surface area contributed by atoms with Gasteiger partial charge in [0, 0.05) is 25.1 Å². The molecule has 0 saturated carbocycles. The number of carbonyl (C=O) groups excluding carboxylic acids is 1. The van der Waals surface area contributed by atoms with Crippen molar-refractivity contribution in [1.82, 2.24) is 5.32 Å². The van der Waals surface area contributed by atoms with Gasteiger partial charge in [0.1, 0.15) is 0 Å². The van der Waals surface area contributed by atoms with E-state index in [0.29, 0.717) is 13.2 Å². The first-order valence-corrected chi connectivity index (χ1v) is 6.95. The predicted molar refractivity (Wildman–Crippen MR) is 75.4 cm³/mol. The molecule has 0 spiro atoms. The number of hydrogen-bond acceptors (Lipinski definition) is 3. The Kier molecular flexibility index (Phi) is 8.20. The summed E-state index contributed by atoms with van der Waals surface area (Å²) >= 11 is 0. The Morgan fingerprint density at radius 3 is 2.44 bits per heavy atom. The van der Waals surface area contributed by atoms with Crippen molar-refractivity contribution in [3.05, 3.63) is 0 Å². The topological polar surface area (TPSA) is 64.3 Å². The molecule has 0 aromatic heterocycles. The van der Waals surface area contributed by atoms with Gasteiger partial charge in [-0.2, -0.15) is 0 Å². The zero-order valence-corrected chi connectivity index (χ0v) is 12.6. The molecule has 2 atom stereocenters. The van der Waals surface area contributed by atoms with Gasteiger partial charge < -0.3 is 15.8 Å². The maximum atomic E-state index is 11.9. The van der Waals surface area contributed by atoms with Crippen molar-refractivity contribution < 1.29 is 9.53 Å². The molecule has 18 heavy (non-hydrogen) atoms. The predicted octanol–water partition coefficient (Wildman–Crippen LogP) is 2.07. The normalized spacial score (nSPS) is 15.2. The highest BCUT2D eigenvalue weighted by Crippen LogP contribution is 2.11. The molecule has 0 aliphatic carbocycles. The third-order valence-corrected chi connectivity index (χ3v) is 2.97. The van der Waals surface area contributed by atoms with Gasteiger partial charge in [0.25, 0.3) is 0 Å². The van der Waals surface area contributed by atoms with Crippen LogP contribution in [-0.4, -0.2) is 30.7 Å². The molecule has 0 saturated heterocycles. The summed E-state index contributed by atoms with van der Waals surface area (Å²) in [7, 11) is 0. The Morgan fingerprint density at radius 1 is 1.33 bits per heavy atom. The molecular formula is C14H30N2O2. The Bertz CT molecular complexity index is 240. The molecule has 0 radical (unpaired) electrons. The number of carbonyl (C=O) groups is 1. The minimum atomic E-state index is -0.296. The second-order valence-corrected chi connectivity index (χ2v) is 5.72. The zero-order valence-electron chi connectivity index (χ0n) is 12.6. The Labute approximate surface area is 112 Å². The minimum absolute atomic E-state index is 0.0428. The summed E-state index contributed by atoms with van der Waals surface area (Å²) in [4.78, 5) is 11.9. The van der Waals surface area contributed by atoms with E-state index in [0.717, 1.165) is 19.3 Å². The monoisotopic (exact) mass is 258 g/mol. The van der Waals surface area contributed by atoms with Crippen molar-refractivity contribution in [2.24, 2.45) is 11.7 Å². The van der Waals surface area contributed by atoms with Gasteiger partial charge in [-0.05, 0) is 40.5 Å². The highest BCUT2D eigenvalue weighted by atomic mass is 16.5. The van der Waals surface area contributed by atoms with Crippen molar-refractivity contribution >= 4 is 5.91 Å². The maximum Gasteiger partial charge on any atom is 0.222 e. The molecule has 3 N–H and O–H groups in total. The lowest BCUT2D eigenvalue weighted by Crippen LogP contribution is -2.42. The van der Waals surface area contributed by atoms with Crippen LogP contribution in [0.4, 0.5) is 0 Å². The van der Waals surface area contributed by atoms with E-state index in [4.69, 9.17) is 10.5 Å². The van der Waals surface area contributed by atoms with E-state index < -0.39 is 0 Å². The molecule has 108 valence electrons. The lowest BCUT2D eigenvalue weighted by Gasteiger charge is -2.25. The largest absolute Gasteiger partial charge is 0.374 e. The molecule has 0 aromatic rings. The molecule has 0 heterocycles. The van der Waals surface area contributed by atoms with Crippen LogP contribution in [0.1, 0.15) is 53.9 Å². The van der Waals surface area contributed by atoms with Gasteiger partial charge in [0.05, 0.1) is 5.60 Å². The van der Waals surface area contributed by atoms with E-state index >= 15 is 0 Å². The van der Waals surface area contributed by atoms with Crippen molar-refractivity contribution in [2.75, 3.05) is 13.2 Å². The van der Waals surface area contributed by atoms with E-state index in [2.05, 4.69) is 5.32 Å². The van der Waals surface area contributed by atoms with E-state index in [9.17, 15) is 4.79 Å². The Hall–Kier alpha value is -0.610. The molecule has 0 aromatic carbocycles. The number of rotatable bonds is 9. The fourth-order valence-electron chi connectivity index (χ4n) is 1.79. The van der Waals surface area contributed by atoms with Crippen LogP contribution < -0.4 is 11.1 Å². The average Bonchev–Trinajstić information content (AvgIpc) is 2.25. The molecule has 4 nitrogen and oxygen atoms in total. The van der Waals surface area contributed by atoms with Crippen molar-refractivity contribution in [1.29, 1.82) is 0 Å². The molecule has 0 aliphatic rings. The van der Waals surface area contributed by atoms with E-state index in [1.165, 1.54) is 0 Å². The van der Waals surface area contributed by atoms with Crippen LogP contribution in [0.5, 0.6) is 0 Å². The Morgan fingerprint density at radius 2 is 1.94 bits per heavy atom. The third-order valence-electron chi connectivity index (χ3n) is 2.97. The maximum absolute atomic E-state index is 11.9.